The summed E-state index contributed by atoms with van der Waals surface area (Å²) in [4.78, 5) is 16.0. The molecule has 3 rings (SSSR count). The minimum atomic E-state index is -0.195. The van der Waals surface area contributed by atoms with Crippen LogP contribution in [0, 0.1) is 0 Å². The number of aromatic nitrogens is 3. The Kier molecular flexibility index (Phi) is 2.37. The fraction of sp³-hybridized carbons (Fsp3) is 0.0769. The van der Waals surface area contributed by atoms with Crippen LogP contribution in [0.15, 0.2) is 47.3 Å². The molecule has 0 saturated carbocycles. The molecular weight excluding hydrogens is 230 g/mol. The van der Waals surface area contributed by atoms with Gasteiger partial charge in [0.15, 0.2) is 5.65 Å². The van der Waals surface area contributed by atoms with Crippen LogP contribution in [0.4, 0.5) is 0 Å². The third kappa shape index (κ3) is 1.66. The van der Waals surface area contributed by atoms with Crippen LogP contribution in [0.25, 0.3) is 16.9 Å². The van der Waals surface area contributed by atoms with Crippen LogP contribution in [0.5, 0.6) is 5.88 Å². The Morgan fingerprint density at radius 3 is 2.72 bits per heavy atom. The minimum absolute atomic E-state index is 0.195. The Balaban J connectivity index is 2.23. The molecule has 0 spiro atoms. The van der Waals surface area contributed by atoms with Crippen molar-refractivity contribution in [2.24, 2.45) is 0 Å². The Morgan fingerprint density at radius 1 is 1.22 bits per heavy atom. The number of hydrogen-bond donors (Lipinski definition) is 1. The van der Waals surface area contributed by atoms with Crippen molar-refractivity contribution in [3.63, 3.8) is 0 Å². The van der Waals surface area contributed by atoms with Gasteiger partial charge < -0.3 is 4.74 Å². The predicted octanol–water partition coefficient (Wildman–Crippen LogP) is 1.70. The van der Waals surface area contributed by atoms with E-state index >= 15 is 0 Å². The topological polar surface area (TPSA) is 59.4 Å². The van der Waals surface area contributed by atoms with Gasteiger partial charge >= 0.3 is 0 Å². The van der Waals surface area contributed by atoms with Gasteiger partial charge in [0, 0.05) is 6.07 Å². The van der Waals surface area contributed by atoms with Gasteiger partial charge in [-0.3, -0.25) is 9.89 Å². The quantitative estimate of drug-likeness (QED) is 0.742. The summed E-state index contributed by atoms with van der Waals surface area (Å²) in [5.74, 6) is 0.318. The maximum atomic E-state index is 11.8. The maximum absolute atomic E-state index is 11.8. The van der Waals surface area contributed by atoms with Crippen LogP contribution >= 0.6 is 0 Å². The van der Waals surface area contributed by atoms with Crippen molar-refractivity contribution >= 4 is 5.65 Å². The lowest BCUT2D eigenvalue weighted by Crippen LogP contribution is -2.14. The maximum Gasteiger partial charge on any atom is 0.276 e. The molecule has 0 radical (unpaired) electrons. The van der Waals surface area contributed by atoms with Gasteiger partial charge in [0.25, 0.3) is 5.56 Å². The summed E-state index contributed by atoms with van der Waals surface area (Å²) >= 11 is 0. The van der Waals surface area contributed by atoms with Gasteiger partial charge in [-0.15, -0.1) is 0 Å². The standard InChI is InChI=1S/C13H11N3O2/c1-18-12-8-13(17)16-11(14-12)7-10(15-16)9-5-3-2-4-6-9/h2-8,15H,1H3. The summed E-state index contributed by atoms with van der Waals surface area (Å²) in [5.41, 5.74) is 2.19. The number of aromatic amines is 1. The van der Waals surface area contributed by atoms with Crippen LogP contribution in [-0.2, 0) is 0 Å². The molecule has 5 heteroatoms. The molecule has 0 unspecified atom stereocenters. The van der Waals surface area contributed by atoms with E-state index in [-0.39, 0.29) is 5.56 Å². The van der Waals surface area contributed by atoms with Gasteiger partial charge in [0.1, 0.15) is 0 Å². The molecule has 0 bridgehead atoms. The van der Waals surface area contributed by atoms with Crippen molar-refractivity contribution in [1.82, 2.24) is 14.6 Å². The Hall–Kier alpha value is -2.56. The molecule has 2 heterocycles. The molecule has 1 N–H and O–H groups in total. The van der Waals surface area contributed by atoms with E-state index in [0.29, 0.717) is 11.5 Å². The summed E-state index contributed by atoms with van der Waals surface area (Å²) in [6.07, 6.45) is 0. The van der Waals surface area contributed by atoms with Crippen LogP contribution < -0.4 is 10.3 Å². The highest BCUT2D eigenvalue weighted by atomic mass is 16.5. The van der Waals surface area contributed by atoms with Gasteiger partial charge in [0.05, 0.1) is 18.9 Å². The molecule has 0 aliphatic carbocycles. The summed E-state index contributed by atoms with van der Waals surface area (Å²) in [6.45, 7) is 0. The molecule has 18 heavy (non-hydrogen) atoms. The highest BCUT2D eigenvalue weighted by Crippen LogP contribution is 2.18. The average molecular weight is 241 g/mol. The van der Waals surface area contributed by atoms with Crippen LogP contribution in [0.3, 0.4) is 0 Å². The van der Waals surface area contributed by atoms with Gasteiger partial charge in [-0.25, -0.2) is 4.52 Å². The second-order valence-corrected chi connectivity index (χ2v) is 3.87. The van der Waals surface area contributed by atoms with Crippen LogP contribution in [-0.4, -0.2) is 21.7 Å². The number of rotatable bonds is 2. The van der Waals surface area contributed by atoms with E-state index in [1.165, 1.54) is 17.7 Å². The fourth-order valence-electron chi connectivity index (χ4n) is 1.84. The molecular formula is C13H11N3O2. The Bertz CT molecular complexity index is 744. The summed E-state index contributed by atoms with van der Waals surface area (Å²) in [7, 11) is 1.49. The molecule has 5 nitrogen and oxygen atoms in total. The van der Waals surface area contributed by atoms with E-state index in [1.807, 2.05) is 36.4 Å². The number of methoxy groups -OCH3 is 1. The molecule has 0 fully saturated rings. The van der Waals surface area contributed by atoms with Crippen molar-refractivity contribution in [2.75, 3.05) is 7.11 Å². The molecule has 2 aromatic heterocycles. The van der Waals surface area contributed by atoms with E-state index in [0.717, 1.165) is 11.3 Å². The normalized spacial score (nSPS) is 10.7. The number of H-pyrrole nitrogens is 1. The van der Waals surface area contributed by atoms with E-state index in [2.05, 4.69) is 10.1 Å². The predicted molar refractivity (Wildman–Crippen MR) is 67.8 cm³/mol. The number of hydrogen-bond acceptors (Lipinski definition) is 3. The zero-order valence-electron chi connectivity index (χ0n) is 9.75. The molecule has 3 aromatic rings. The van der Waals surface area contributed by atoms with Crippen molar-refractivity contribution in [1.29, 1.82) is 0 Å². The second-order valence-electron chi connectivity index (χ2n) is 3.87. The number of ether oxygens (including phenoxy) is 1. The van der Waals surface area contributed by atoms with Crippen molar-refractivity contribution in [3.05, 3.63) is 52.8 Å². The summed E-state index contributed by atoms with van der Waals surface area (Å²) in [5, 5.41) is 3.02. The Labute approximate surface area is 103 Å². The van der Waals surface area contributed by atoms with E-state index in [4.69, 9.17) is 4.74 Å². The lowest BCUT2D eigenvalue weighted by atomic mass is 10.2. The van der Waals surface area contributed by atoms with Crippen LogP contribution in [0.2, 0.25) is 0 Å². The zero-order chi connectivity index (χ0) is 12.5. The average Bonchev–Trinajstić information content (AvgIpc) is 2.84. The minimum Gasteiger partial charge on any atom is -0.481 e. The molecule has 0 aliphatic rings. The molecule has 1 aromatic carbocycles. The highest BCUT2D eigenvalue weighted by Gasteiger charge is 2.07. The lowest BCUT2D eigenvalue weighted by Gasteiger charge is -1.97. The van der Waals surface area contributed by atoms with E-state index in [9.17, 15) is 4.79 Å². The van der Waals surface area contributed by atoms with Gasteiger partial charge in [0.2, 0.25) is 5.88 Å². The molecule has 0 amide bonds. The summed E-state index contributed by atoms with van der Waals surface area (Å²) < 4.78 is 6.37. The first-order chi connectivity index (χ1) is 8.78. The monoisotopic (exact) mass is 241 g/mol. The van der Waals surface area contributed by atoms with Crippen LogP contribution in [0.1, 0.15) is 0 Å². The molecule has 90 valence electrons. The second kappa shape index (κ2) is 4.03. The lowest BCUT2D eigenvalue weighted by molar-refractivity contribution is 0.397. The molecule has 0 aliphatic heterocycles. The first-order valence-corrected chi connectivity index (χ1v) is 5.50. The largest absolute Gasteiger partial charge is 0.481 e. The fourth-order valence-corrected chi connectivity index (χ4v) is 1.84. The van der Waals surface area contributed by atoms with E-state index < -0.39 is 0 Å². The number of benzene rings is 1. The highest BCUT2D eigenvalue weighted by molar-refractivity contribution is 5.63. The van der Waals surface area contributed by atoms with E-state index in [1.54, 1.807) is 0 Å². The molecule has 0 saturated heterocycles. The third-order valence-electron chi connectivity index (χ3n) is 2.72. The zero-order valence-corrected chi connectivity index (χ0v) is 9.75. The van der Waals surface area contributed by atoms with Gasteiger partial charge in [-0.1, -0.05) is 30.3 Å². The number of fused-ring (bicyclic) bond motifs is 1. The van der Waals surface area contributed by atoms with Crippen molar-refractivity contribution in [2.45, 2.75) is 0 Å². The third-order valence-corrected chi connectivity index (χ3v) is 2.72. The Morgan fingerprint density at radius 2 is 2.00 bits per heavy atom. The van der Waals surface area contributed by atoms with Crippen molar-refractivity contribution < 1.29 is 4.74 Å². The van der Waals surface area contributed by atoms with Gasteiger partial charge in [-0.2, -0.15) is 4.98 Å². The smallest absolute Gasteiger partial charge is 0.276 e. The summed E-state index contributed by atoms with van der Waals surface area (Å²) in [6, 6.07) is 12.9. The molecule has 0 atom stereocenters. The van der Waals surface area contributed by atoms with Crippen molar-refractivity contribution in [3.8, 4) is 17.1 Å². The first kappa shape index (κ1) is 10.6. The number of nitrogens with zero attached hydrogens (tertiary/aromatic N) is 2. The number of nitrogens with one attached hydrogen (secondary N) is 1. The SMILES string of the molecule is COc1cc(=O)n2[nH]c(-c3ccccc3)cc2n1. The first-order valence-electron chi connectivity index (χ1n) is 5.50. The van der Waals surface area contributed by atoms with Gasteiger partial charge in [-0.05, 0) is 5.56 Å².